The average molecular weight is 368 g/mol. The first-order chi connectivity index (χ1) is 11.7. The van der Waals surface area contributed by atoms with Crippen molar-refractivity contribution in [2.45, 2.75) is 32.7 Å². The molecule has 8 heteroatoms. The molecule has 1 aromatic carbocycles. The number of carbonyl (C=O) groups is 2. The monoisotopic (exact) mass is 368 g/mol. The number of ether oxygens (including phenoxy) is 1. The van der Waals surface area contributed by atoms with Crippen LogP contribution in [-0.4, -0.2) is 45.7 Å². The Morgan fingerprint density at radius 2 is 1.88 bits per heavy atom. The minimum Gasteiger partial charge on any atom is -0.467 e. The van der Waals surface area contributed by atoms with Gasteiger partial charge in [-0.25, -0.2) is 13.2 Å². The molecule has 0 unspecified atom stereocenters. The molecular weight excluding hydrogens is 344 g/mol. The number of methoxy groups -OCH3 is 1. The normalized spacial score (nSPS) is 17.4. The van der Waals surface area contributed by atoms with Crippen molar-refractivity contribution in [2.24, 2.45) is 5.92 Å². The van der Waals surface area contributed by atoms with Gasteiger partial charge in [-0.15, -0.1) is 0 Å². The molecule has 1 amide bonds. The van der Waals surface area contributed by atoms with E-state index in [1.54, 1.807) is 24.3 Å². The zero-order chi connectivity index (χ0) is 18.6. The number of carbonyl (C=O) groups excluding carboxylic acids is 2. The topological polar surface area (TPSA) is 92.8 Å². The number of sulfonamides is 1. The SMILES string of the molecule is COC(=O)[C@@H](CC(C)C)NC(=O)c1ccc(N2CCCS2(=O)=O)cc1. The van der Waals surface area contributed by atoms with E-state index in [1.165, 1.54) is 11.4 Å². The van der Waals surface area contributed by atoms with Crippen LogP contribution in [0.5, 0.6) is 0 Å². The number of amides is 1. The second kappa shape index (κ2) is 7.86. The van der Waals surface area contributed by atoms with Crippen LogP contribution in [0, 0.1) is 5.92 Å². The Kier molecular flexibility index (Phi) is 6.05. The van der Waals surface area contributed by atoms with Gasteiger partial charge in [0.2, 0.25) is 10.0 Å². The van der Waals surface area contributed by atoms with Crippen molar-refractivity contribution >= 4 is 27.6 Å². The molecule has 1 aromatic rings. The lowest BCUT2D eigenvalue weighted by molar-refractivity contribution is -0.143. The Labute approximate surface area is 148 Å². The van der Waals surface area contributed by atoms with Crippen molar-refractivity contribution in [3.05, 3.63) is 29.8 Å². The first kappa shape index (κ1) is 19.2. The van der Waals surface area contributed by atoms with Gasteiger partial charge in [0.05, 0.1) is 18.6 Å². The molecule has 0 radical (unpaired) electrons. The number of hydrogen-bond donors (Lipinski definition) is 1. The summed E-state index contributed by atoms with van der Waals surface area (Å²) in [4.78, 5) is 24.2. The highest BCUT2D eigenvalue weighted by atomic mass is 32.2. The number of nitrogens with one attached hydrogen (secondary N) is 1. The van der Waals surface area contributed by atoms with E-state index in [0.717, 1.165) is 0 Å². The van der Waals surface area contributed by atoms with E-state index in [0.29, 0.717) is 30.6 Å². The number of anilines is 1. The molecule has 138 valence electrons. The van der Waals surface area contributed by atoms with Gasteiger partial charge in [-0.3, -0.25) is 9.10 Å². The van der Waals surface area contributed by atoms with Crippen LogP contribution in [-0.2, 0) is 19.6 Å². The first-order valence-corrected chi connectivity index (χ1v) is 9.84. The second-order valence-corrected chi connectivity index (χ2v) is 8.48. The molecule has 7 nitrogen and oxygen atoms in total. The maximum atomic E-state index is 12.4. The third-order valence-electron chi connectivity index (χ3n) is 4.01. The van der Waals surface area contributed by atoms with Crippen molar-refractivity contribution in [2.75, 3.05) is 23.7 Å². The van der Waals surface area contributed by atoms with Crippen LogP contribution in [0.4, 0.5) is 5.69 Å². The molecule has 1 fully saturated rings. The van der Waals surface area contributed by atoms with Crippen LogP contribution in [0.25, 0.3) is 0 Å². The summed E-state index contributed by atoms with van der Waals surface area (Å²) in [6, 6.07) is 5.61. The van der Waals surface area contributed by atoms with E-state index in [4.69, 9.17) is 4.74 Å². The lowest BCUT2D eigenvalue weighted by Gasteiger charge is -2.19. The van der Waals surface area contributed by atoms with Crippen LogP contribution in [0.15, 0.2) is 24.3 Å². The van der Waals surface area contributed by atoms with E-state index in [9.17, 15) is 18.0 Å². The summed E-state index contributed by atoms with van der Waals surface area (Å²) in [5, 5.41) is 2.68. The van der Waals surface area contributed by atoms with Crippen LogP contribution in [0.1, 0.15) is 37.0 Å². The van der Waals surface area contributed by atoms with E-state index in [-0.39, 0.29) is 11.7 Å². The highest BCUT2D eigenvalue weighted by molar-refractivity contribution is 7.93. The van der Waals surface area contributed by atoms with Gasteiger partial charge in [-0.05, 0) is 43.0 Å². The van der Waals surface area contributed by atoms with Crippen LogP contribution in [0.3, 0.4) is 0 Å². The summed E-state index contributed by atoms with van der Waals surface area (Å²) in [7, 11) is -1.96. The molecule has 1 aliphatic heterocycles. The largest absolute Gasteiger partial charge is 0.467 e. The number of benzene rings is 1. The number of nitrogens with zero attached hydrogens (tertiary/aromatic N) is 1. The fourth-order valence-corrected chi connectivity index (χ4v) is 4.34. The summed E-state index contributed by atoms with van der Waals surface area (Å²) >= 11 is 0. The fraction of sp³-hybridized carbons (Fsp3) is 0.529. The van der Waals surface area contributed by atoms with E-state index in [2.05, 4.69) is 5.32 Å². The minimum atomic E-state index is -3.25. The Morgan fingerprint density at radius 3 is 2.36 bits per heavy atom. The lowest BCUT2D eigenvalue weighted by atomic mass is 10.0. The Balaban J connectivity index is 2.10. The molecule has 0 bridgehead atoms. The van der Waals surface area contributed by atoms with Crippen molar-refractivity contribution < 1.29 is 22.7 Å². The summed E-state index contributed by atoms with van der Waals surface area (Å²) in [5.74, 6) is -0.522. The summed E-state index contributed by atoms with van der Waals surface area (Å²) in [6.45, 7) is 4.35. The molecular formula is C17H24N2O5S. The molecule has 0 aliphatic carbocycles. The Bertz CT molecular complexity index is 728. The third kappa shape index (κ3) is 4.72. The number of hydrogen-bond acceptors (Lipinski definition) is 5. The van der Waals surface area contributed by atoms with E-state index in [1.807, 2.05) is 13.8 Å². The van der Waals surface area contributed by atoms with Crippen molar-refractivity contribution in [1.29, 1.82) is 0 Å². The van der Waals surface area contributed by atoms with Gasteiger partial charge < -0.3 is 10.1 Å². The molecule has 1 aliphatic rings. The smallest absolute Gasteiger partial charge is 0.328 e. The number of rotatable bonds is 6. The van der Waals surface area contributed by atoms with Gasteiger partial charge in [0.1, 0.15) is 6.04 Å². The zero-order valence-corrected chi connectivity index (χ0v) is 15.5. The second-order valence-electron chi connectivity index (χ2n) is 6.47. The highest BCUT2D eigenvalue weighted by Gasteiger charge is 2.28. The van der Waals surface area contributed by atoms with Crippen molar-refractivity contribution in [3.8, 4) is 0 Å². The molecule has 0 saturated carbocycles. The van der Waals surface area contributed by atoms with E-state index < -0.39 is 27.9 Å². The van der Waals surface area contributed by atoms with Crippen LogP contribution in [0.2, 0.25) is 0 Å². The van der Waals surface area contributed by atoms with Crippen molar-refractivity contribution in [1.82, 2.24) is 5.32 Å². The van der Waals surface area contributed by atoms with Gasteiger partial charge in [0.15, 0.2) is 0 Å². The summed E-state index contributed by atoms with van der Waals surface area (Å²) < 4.78 is 29.9. The van der Waals surface area contributed by atoms with E-state index >= 15 is 0 Å². The molecule has 1 saturated heterocycles. The molecule has 2 rings (SSSR count). The predicted octanol–water partition coefficient (Wildman–Crippen LogP) is 1.54. The average Bonchev–Trinajstić information content (AvgIpc) is 2.92. The predicted molar refractivity (Wildman–Crippen MR) is 94.9 cm³/mol. The van der Waals surface area contributed by atoms with Gasteiger partial charge in [0.25, 0.3) is 5.91 Å². The van der Waals surface area contributed by atoms with Crippen LogP contribution < -0.4 is 9.62 Å². The molecule has 1 N–H and O–H groups in total. The van der Waals surface area contributed by atoms with Gasteiger partial charge in [-0.2, -0.15) is 0 Å². The lowest BCUT2D eigenvalue weighted by Crippen LogP contribution is -2.42. The number of esters is 1. The minimum absolute atomic E-state index is 0.144. The molecule has 1 heterocycles. The highest BCUT2D eigenvalue weighted by Crippen LogP contribution is 2.24. The van der Waals surface area contributed by atoms with Crippen molar-refractivity contribution in [3.63, 3.8) is 0 Å². The molecule has 0 aromatic heterocycles. The van der Waals surface area contributed by atoms with Gasteiger partial charge >= 0.3 is 5.97 Å². The maximum absolute atomic E-state index is 12.4. The van der Waals surface area contributed by atoms with Crippen LogP contribution >= 0.6 is 0 Å². The molecule has 25 heavy (non-hydrogen) atoms. The quantitative estimate of drug-likeness (QED) is 0.769. The fourth-order valence-electron chi connectivity index (χ4n) is 2.78. The zero-order valence-electron chi connectivity index (χ0n) is 14.7. The van der Waals surface area contributed by atoms with Gasteiger partial charge in [0, 0.05) is 12.1 Å². The summed E-state index contributed by atoms with van der Waals surface area (Å²) in [5.41, 5.74) is 0.902. The standard InChI is InChI=1S/C17H24N2O5S/c1-12(2)11-15(17(21)24-3)18-16(20)13-5-7-14(8-6-13)19-9-4-10-25(19,22)23/h5-8,12,15H,4,9-11H2,1-3H3,(H,18,20)/t15-/m1/s1. The molecule has 1 atom stereocenters. The first-order valence-electron chi connectivity index (χ1n) is 8.23. The third-order valence-corrected chi connectivity index (χ3v) is 5.88. The Hall–Kier alpha value is -2.09. The molecule has 0 spiro atoms. The van der Waals surface area contributed by atoms with Gasteiger partial charge in [-0.1, -0.05) is 13.8 Å². The summed E-state index contributed by atoms with van der Waals surface area (Å²) in [6.07, 6.45) is 1.07. The maximum Gasteiger partial charge on any atom is 0.328 e. The Morgan fingerprint density at radius 1 is 1.24 bits per heavy atom.